The highest BCUT2D eigenvalue weighted by molar-refractivity contribution is 7.99. The van der Waals surface area contributed by atoms with Crippen LogP contribution in [0.5, 0.6) is 0 Å². The minimum atomic E-state index is -4.47. The van der Waals surface area contributed by atoms with Crippen molar-refractivity contribution in [3.8, 4) is 11.3 Å². The van der Waals surface area contributed by atoms with Crippen LogP contribution in [0.2, 0.25) is 0 Å². The molecule has 5 rings (SSSR count). The maximum atomic E-state index is 13.9. The number of aryl methyl sites for hydroxylation is 1. The zero-order valence-electron chi connectivity index (χ0n) is 22.1. The van der Waals surface area contributed by atoms with Crippen molar-refractivity contribution < 1.29 is 31.1 Å². The van der Waals surface area contributed by atoms with Gasteiger partial charge in [-0.05, 0) is 38.1 Å². The lowest BCUT2D eigenvalue weighted by Gasteiger charge is -2.26. The number of halogens is 3. The smallest absolute Gasteiger partial charge is 0.350 e. The van der Waals surface area contributed by atoms with Gasteiger partial charge in [0.1, 0.15) is 0 Å². The van der Waals surface area contributed by atoms with E-state index >= 15 is 0 Å². The Kier molecular flexibility index (Phi) is 8.94. The number of hydrogen-bond acceptors (Lipinski definition) is 7. The fraction of sp³-hybridized carbons (Fsp3) is 0.654. The van der Waals surface area contributed by atoms with Gasteiger partial charge in [0.25, 0.3) is 0 Å². The van der Waals surface area contributed by atoms with Gasteiger partial charge in [0, 0.05) is 66.5 Å². The molecule has 0 N–H and O–H groups in total. The highest BCUT2D eigenvalue weighted by Crippen LogP contribution is 2.40. The van der Waals surface area contributed by atoms with E-state index in [1.807, 2.05) is 4.68 Å². The summed E-state index contributed by atoms with van der Waals surface area (Å²) in [7, 11) is -3.44. The first-order valence-electron chi connectivity index (χ1n) is 13.4. The molecule has 0 amide bonds. The molecule has 1 aromatic carbocycles. The van der Waals surface area contributed by atoms with Crippen molar-refractivity contribution in [1.29, 1.82) is 0 Å². The van der Waals surface area contributed by atoms with E-state index in [0.717, 1.165) is 49.8 Å². The molecule has 0 bridgehead atoms. The highest BCUT2D eigenvalue weighted by Gasteiger charge is 2.35. The average Bonchev–Trinajstić information content (AvgIpc) is 3.54. The fourth-order valence-electron chi connectivity index (χ4n) is 5.46. The summed E-state index contributed by atoms with van der Waals surface area (Å²) in [6.07, 6.45) is 0.895. The number of nitrogens with zero attached hydrogens (tertiary/aromatic N) is 4. The molecule has 3 aliphatic rings. The van der Waals surface area contributed by atoms with Crippen molar-refractivity contribution in [2.75, 3.05) is 51.4 Å². The van der Waals surface area contributed by atoms with E-state index in [1.165, 1.54) is 34.8 Å². The van der Waals surface area contributed by atoms with Crippen molar-refractivity contribution in [2.45, 2.75) is 62.6 Å². The third kappa shape index (κ3) is 6.99. The van der Waals surface area contributed by atoms with Gasteiger partial charge in [-0.2, -0.15) is 22.6 Å². The van der Waals surface area contributed by atoms with Crippen molar-refractivity contribution >= 4 is 21.8 Å². The topological polar surface area (TPSA) is 76.9 Å². The van der Waals surface area contributed by atoms with Crippen LogP contribution in [0.25, 0.3) is 11.3 Å². The Labute approximate surface area is 231 Å². The van der Waals surface area contributed by atoms with Crippen molar-refractivity contribution in [3.05, 3.63) is 35.0 Å². The predicted molar refractivity (Wildman–Crippen MR) is 143 cm³/mol. The largest absolute Gasteiger partial charge is 0.417 e. The number of hydrogen-bond donors (Lipinski definition) is 0. The second-order valence-corrected chi connectivity index (χ2v) is 13.4. The molecular weight excluding hydrogens is 553 g/mol. The number of likely N-dealkylation sites (tertiary alicyclic amines) is 1. The first-order valence-corrected chi connectivity index (χ1v) is 16.3. The number of rotatable bonds is 9. The first-order chi connectivity index (χ1) is 18.6. The molecular formula is C26H35F3N4O4S2. The van der Waals surface area contributed by atoms with Crippen LogP contribution in [-0.2, 0) is 45.2 Å². The van der Waals surface area contributed by atoms with Crippen LogP contribution in [0, 0.1) is 0 Å². The molecule has 216 valence electrons. The van der Waals surface area contributed by atoms with Gasteiger partial charge >= 0.3 is 6.18 Å². The third-order valence-electron chi connectivity index (χ3n) is 7.51. The lowest BCUT2D eigenvalue weighted by molar-refractivity contribution is -0.139. The molecule has 3 aliphatic heterocycles. The van der Waals surface area contributed by atoms with Crippen molar-refractivity contribution in [1.82, 2.24) is 19.0 Å². The normalized spacial score (nSPS) is 20.0. The second-order valence-electron chi connectivity index (χ2n) is 10.3. The Hall–Kier alpha value is -1.64. The Morgan fingerprint density at radius 2 is 1.82 bits per heavy atom. The standard InChI is InChI=1S/C26H35F3N4O4S2/c1-39(34,35)32-11-7-22-20(18-32)25(30-33(22)12-8-24-36-14-15-37-24)19-5-6-21(26(27,28)29)23(17-19)38-16-13-31-9-3-2-4-10-31/h5-6,17,24H,2-4,7-16,18H2,1H3. The molecule has 0 radical (unpaired) electrons. The number of fused-ring (bicyclic) bond motifs is 1. The van der Waals surface area contributed by atoms with Crippen LogP contribution in [0.4, 0.5) is 13.2 Å². The summed E-state index contributed by atoms with van der Waals surface area (Å²) in [5.74, 6) is 0.558. The van der Waals surface area contributed by atoms with Crippen LogP contribution in [0.3, 0.4) is 0 Å². The van der Waals surface area contributed by atoms with E-state index < -0.39 is 21.8 Å². The number of aromatic nitrogens is 2. The molecule has 0 unspecified atom stereocenters. The number of alkyl halides is 3. The predicted octanol–water partition coefficient (Wildman–Crippen LogP) is 4.23. The number of sulfonamides is 1. The number of benzene rings is 1. The molecule has 2 aromatic rings. The van der Waals surface area contributed by atoms with Crippen LogP contribution < -0.4 is 0 Å². The zero-order valence-corrected chi connectivity index (χ0v) is 23.7. The van der Waals surface area contributed by atoms with Gasteiger partial charge in [0.2, 0.25) is 10.0 Å². The minimum Gasteiger partial charge on any atom is -0.350 e. The Morgan fingerprint density at radius 1 is 1.08 bits per heavy atom. The molecule has 1 aromatic heterocycles. The van der Waals surface area contributed by atoms with E-state index in [2.05, 4.69) is 4.90 Å². The molecule has 2 saturated heterocycles. The van der Waals surface area contributed by atoms with Gasteiger partial charge in [-0.3, -0.25) is 4.68 Å². The van der Waals surface area contributed by atoms with Gasteiger partial charge in [-0.25, -0.2) is 8.42 Å². The van der Waals surface area contributed by atoms with Crippen molar-refractivity contribution in [3.63, 3.8) is 0 Å². The highest BCUT2D eigenvalue weighted by atomic mass is 32.2. The van der Waals surface area contributed by atoms with E-state index in [-0.39, 0.29) is 17.7 Å². The van der Waals surface area contributed by atoms with Crippen LogP contribution in [0.15, 0.2) is 23.1 Å². The quantitative estimate of drug-likeness (QED) is 0.406. The van der Waals surface area contributed by atoms with Crippen LogP contribution >= 0.6 is 11.8 Å². The summed E-state index contributed by atoms with van der Waals surface area (Å²) in [5, 5.41) is 4.81. The third-order valence-corrected chi connectivity index (χ3v) is 9.79. The maximum Gasteiger partial charge on any atom is 0.417 e. The maximum absolute atomic E-state index is 13.9. The molecule has 0 atom stereocenters. The summed E-state index contributed by atoms with van der Waals surface area (Å²) < 4.78 is 80.8. The Balaban J connectivity index is 1.45. The SMILES string of the molecule is CS(=O)(=O)N1CCc2c(c(-c3ccc(C(F)(F)F)c(SCCN4CCCCC4)c3)nn2CCC2OCCO2)C1. The fourth-order valence-corrected chi connectivity index (χ4v) is 7.36. The van der Waals surface area contributed by atoms with E-state index in [4.69, 9.17) is 14.6 Å². The summed E-state index contributed by atoms with van der Waals surface area (Å²) >= 11 is 1.22. The van der Waals surface area contributed by atoms with E-state index in [9.17, 15) is 21.6 Å². The average molecular weight is 589 g/mol. The summed E-state index contributed by atoms with van der Waals surface area (Å²) in [6, 6.07) is 4.15. The monoisotopic (exact) mass is 588 g/mol. The first kappa shape index (κ1) is 28.9. The van der Waals surface area contributed by atoms with Gasteiger partial charge in [-0.15, -0.1) is 11.8 Å². The Morgan fingerprint density at radius 3 is 2.51 bits per heavy atom. The molecule has 8 nitrogen and oxygen atoms in total. The molecule has 2 fully saturated rings. The lowest BCUT2D eigenvalue weighted by Crippen LogP contribution is -2.35. The van der Waals surface area contributed by atoms with Gasteiger partial charge < -0.3 is 14.4 Å². The number of piperidine rings is 1. The van der Waals surface area contributed by atoms with E-state index in [0.29, 0.717) is 56.2 Å². The van der Waals surface area contributed by atoms with Crippen LogP contribution in [0.1, 0.15) is 42.5 Å². The molecule has 39 heavy (non-hydrogen) atoms. The molecule has 4 heterocycles. The Bertz CT molecular complexity index is 1260. The van der Waals surface area contributed by atoms with Crippen molar-refractivity contribution in [2.24, 2.45) is 0 Å². The van der Waals surface area contributed by atoms with Gasteiger partial charge in [0.15, 0.2) is 6.29 Å². The summed E-state index contributed by atoms with van der Waals surface area (Å²) in [6.45, 7) is 4.78. The van der Waals surface area contributed by atoms with Gasteiger partial charge in [0.05, 0.1) is 30.7 Å². The number of ether oxygens (including phenoxy) is 2. The molecule has 0 saturated carbocycles. The number of thioether (sulfide) groups is 1. The van der Waals surface area contributed by atoms with Gasteiger partial charge in [-0.1, -0.05) is 12.5 Å². The molecule has 0 aliphatic carbocycles. The molecule has 13 heteroatoms. The van der Waals surface area contributed by atoms with Crippen LogP contribution in [-0.4, -0.2) is 85.1 Å². The second kappa shape index (κ2) is 12.1. The van der Waals surface area contributed by atoms with E-state index in [1.54, 1.807) is 6.07 Å². The summed E-state index contributed by atoms with van der Waals surface area (Å²) in [5.41, 5.74) is 2.07. The lowest BCUT2D eigenvalue weighted by atomic mass is 10.0. The molecule has 0 spiro atoms. The zero-order chi connectivity index (χ0) is 27.6. The summed E-state index contributed by atoms with van der Waals surface area (Å²) in [4.78, 5) is 2.48. The minimum absolute atomic E-state index is 0.137.